The van der Waals surface area contributed by atoms with Gasteiger partial charge >= 0.3 is 0 Å². The molecule has 0 heterocycles. The maximum Gasteiger partial charge on any atom is -0.00948 e. The van der Waals surface area contributed by atoms with E-state index in [-0.39, 0.29) is 0 Å². The van der Waals surface area contributed by atoms with Crippen molar-refractivity contribution < 1.29 is 0 Å². The third kappa shape index (κ3) is 1.76. The van der Waals surface area contributed by atoms with Gasteiger partial charge in [0.05, 0.1) is 0 Å². The molecule has 1 aromatic rings. The second-order valence-electron chi connectivity index (χ2n) is 3.06. The average molecular weight is 160 g/mol. The molecule has 0 saturated heterocycles. The van der Waals surface area contributed by atoms with E-state index in [0.717, 1.165) is 12.8 Å². The third-order valence-electron chi connectivity index (χ3n) is 2.24. The summed E-state index contributed by atoms with van der Waals surface area (Å²) in [6.45, 7) is 8.13. The van der Waals surface area contributed by atoms with Gasteiger partial charge in [0.2, 0.25) is 0 Å². The first-order valence-corrected chi connectivity index (χ1v) is 4.47. The lowest BCUT2D eigenvalue weighted by molar-refractivity contribution is 1.06. The maximum absolute atomic E-state index is 3.77. The van der Waals surface area contributed by atoms with Gasteiger partial charge in [0.15, 0.2) is 0 Å². The lowest BCUT2D eigenvalue weighted by atomic mass is 9.98. The summed E-state index contributed by atoms with van der Waals surface area (Å²) in [5, 5.41) is 0. The van der Waals surface area contributed by atoms with Gasteiger partial charge in [-0.2, -0.15) is 0 Å². The van der Waals surface area contributed by atoms with Crippen LogP contribution in [0.2, 0.25) is 0 Å². The lowest BCUT2D eigenvalue weighted by Gasteiger charge is -2.08. The number of benzene rings is 1. The van der Waals surface area contributed by atoms with Gasteiger partial charge in [0.1, 0.15) is 0 Å². The van der Waals surface area contributed by atoms with Crippen molar-refractivity contribution in [3.05, 3.63) is 47.5 Å². The van der Waals surface area contributed by atoms with Crippen molar-refractivity contribution >= 4 is 0 Å². The molecule has 0 spiro atoms. The molecule has 0 aliphatic heterocycles. The minimum atomic E-state index is 0.996. The summed E-state index contributed by atoms with van der Waals surface area (Å²) in [5.74, 6) is 0. The van der Waals surface area contributed by atoms with Gasteiger partial charge < -0.3 is 0 Å². The van der Waals surface area contributed by atoms with E-state index in [2.05, 4.69) is 38.6 Å². The highest BCUT2D eigenvalue weighted by molar-refractivity contribution is 5.35. The van der Waals surface area contributed by atoms with E-state index in [1.165, 1.54) is 16.7 Å². The van der Waals surface area contributed by atoms with E-state index in [1.807, 2.05) is 6.08 Å². The lowest BCUT2D eigenvalue weighted by Crippen LogP contribution is -1.94. The molecule has 1 rings (SSSR count). The Kier molecular flexibility index (Phi) is 3.09. The summed E-state index contributed by atoms with van der Waals surface area (Å²) in [6.07, 6.45) is 4.09. The average Bonchev–Trinajstić information content (AvgIpc) is 2.09. The van der Waals surface area contributed by atoms with Crippen molar-refractivity contribution in [3.8, 4) is 0 Å². The predicted octanol–water partition coefficient (Wildman–Crippen LogP) is 3.29. The Balaban J connectivity index is 3.10. The Labute approximate surface area is 74.9 Å². The largest absolute Gasteiger partial charge is 0.103 e. The van der Waals surface area contributed by atoms with Gasteiger partial charge in [-0.3, -0.25) is 0 Å². The van der Waals surface area contributed by atoms with Crippen molar-refractivity contribution in [1.82, 2.24) is 0 Å². The van der Waals surface area contributed by atoms with Crippen molar-refractivity contribution in [2.24, 2.45) is 0 Å². The van der Waals surface area contributed by atoms with E-state index < -0.39 is 0 Å². The summed E-state index contributed by atoms with van der Waals surface area (Å²) in [4.78, 5) is 0. The van der Waals surface area contributed by atoms with E-state index in [9.17, 15) is 0 Å². The number of rotatable bonds is 3. The molecular formula is C12H16. The molecular weight excluding hydrogens is 144 g/mol. The minimum absolute atomic E-state index is 0.996. The van der Waals surface area contributed by atoms with Crippen LogP contribution in [0.5, 0.6) is 0 Å². The van der Waals surface area contributed by atoms with Crippen LogP contribution in [-0.4, -0.2) is 0 Å². The molecule has 64 valence electrons. The maximum atomic E-state index is 3.77. The predicted molar refractivity (Wildman–Crippen MR) is 54.5 cm³/mol. The van der Waals surface area contributed by atoms with Crippen LogP contribution in [-0.2, 0) is 12.8 Å². The van der Waals surface area contributed by atoms with Gasteiger partial charge in [0, 0.05) is 0 Å². The first-order valence-electron chi connectivity index (χ1n) is 4.47. The molecule has 0 radical (unpaired) electrons. The fourth-order valence-electron chi connectivity index (χ4n) is 1.53. The number of hydrogen-bond donors (Lipinski definition) is 0. The molecule has 0 fully saturated rings. The molecule has 12 heavy (non-hydrogen) atoms. The van der Waals surface area contributed by atoms with Crippen LogP contribution in [0.1, 0.15) is 23.6 Å². The Morgan fingerprint density at radius 1 is 1.42 bits per heavy atom. The van der Waals surface area contributed by atoms with E-state index in [4.69, 9.17) is 0 Å². The first kappa shape index (κ1) is 9.05. The van der Waals surface area contributed by atoms with Crippen molar-refractivity contribution in [1.29, 1.82) is 0 Å². The Morgan fingerprint density at radius 3 is 2.75 bits per heavy atom. The topological polar surface area (TPSA) is 0 Å². The van der Waals surface area contributed by atoms with E-state index >= 15 is 0 Å². The molecule has 0 unspecified atom stereocenters. The Hall–Kier alpha value is -1.04. The number of aryl methyl sites for hydroxylation is 2. The van der Waals surface area contributed by atoms with Gasteiger partial charge in [-0.25, -0.2) is 0 Å². The highest BCUT2D eigenvalue weighted by atomic mass is 14.1. The summed E-state index contributed by atoms with van der Waals surface area (Å²) in [7, 11) is 0. The van der Waals surface area contributed by atoms with Gasteiger partial charge in [0.25, 0.3) is 0 Å². The summed E-state index contributed by atoms with van der Waals surface area (Å²) in [6, 6.07) is 6.49. The quantitative estimate of drug-likeness (QED) is 0.595. The fraction of sp³-hybridized carbons (Fsp3) is 0.333. The van der Waals surface area contributed by atoms with Crippen molar-refractivity contribution in [2.45, 2.75) is 26.7 Å². The molecule has 0 aliphatic carbocycles. The van der Waals surface area contributed by atoms with E-state index in [1.54, 1.807) is 0 Å². The normalized spacial score (nSPS) is 9.83. The third-order valence-corrected chi connectivity index (χ3v) is 2.24. The molecule has 0 saturated carbocycles. The molecule has 0 heteroatoms. The van der Waals surface area contributed by atoms with Crippen LogP contribution in [0.25, 0.3) is 0 Å². The van der Waals surface area contributed by atoms with Crippen LogP contribution in [0, 0.1) is 6.92 Å². The molecule has 0 nitrogen and oxygen atoms in total. The molecule has 0 bridgehead atoms. The van der Waals surface area contributed by atoms with Crippen LogP contribution in [0.15, 0.2) is 30.9 Å². The van der Waals surface area contributed by atoms with Crippen molar-refractivity contribution in [2.75, 3.05) is 0 Å². The van der Waals surface area contributed by atoms with Gasteiger partial charge in [-0.15, -0.1) is 6.58 Å². The summed E-state index contributed by atoms with van der Waals surface area (Å²) in [5.41, 5.74) is 4.29. The second-order valence-corrected chi connectivity index (χ2v) is 3.06. The monoisotopic (exact) mass is 160 g/mol. The Morgan fingerprint density at radius 2 is 2.17 bits per heavy atom. The first-order chi connectivity index (χ1) is 5.79. The summed E-state index contributed by atoms with van der Waals surface area (Å²) < 4.78 is 0. The smallest absolute Gasteiger partial charge is 0.00948 e. The number of allylic oxidation sites excluding steroid dienone is 1. The molecule has 0 aromatic heterocycles. The van der Waals surface area contributed by atoms with E-state index in [0.29, 0.717) is 0 Å². The molecule has 0 amide bonds. The second kappa shape index (κ2) is 4.10. The van der Waals surface area contributed by atoms with Gasteiger partial charge in [-0.1, -0.05) is 31.2 Å². The van der Waals surface area contributed by atoms with Crippen molar-refractivity contribution in [3.63, 3.8) is 0 Å². The SMILES string of the molecule is C=CCc1c(C)cccc1CC. The zero-order chi connectivity index (χ0) is 8.97. The standard InChI is InChI=1S/C12H16/c1-4-7-12-10(3)8-6-9-11(12)5-2/h4,6,8-9H,1,5,7H2,2-3H3. The molecule has 0 aliphatic rings. The van der Waals surface area contributed by atoms with Gasteiger partial charge in [-0.05, 0) is 36.5 Å². The zero-order valence-electron chi connectivity index (χ0n) is 7.93. The Bertz CT molecular complexity index is 271. The van der Waals surface area contributed by atoms with Crippen LogP contribution in [0.4, 0.5) is 0 Å². The zero-order valence-corrected chi connectivity index (χ0v) is 7.93. The van der Waals surface area contributed by atoms with Crippen LogP contribution < -0.4 is 0 Å². The number of hydrogen-bond acceptors (Lipinski definition) is 0. The molecule has 1 aromatic carbocycles. The van der Waals surface area contributed by atoms with Crippen LogP contribution in [0.3, 0.4) is 0 Å². The highest BCUT2D eigenvalue weighted by Gasteiger charge is 2.00. The molecule has 0 atom stereocenters. The minimum Gasteiger partial charge on any atom is -0.103 e. The fourth-order valence-corrected chi connectivity index (χ4v) is 1.53. The molecule has 0 N–H and O–H groups in total. The highest BCUT2D eigenvalue weighted by Crippen LogP contribution is 2.15. The summed E-state index contributed by atoms with van der Waals surface area (Å²) >= 11 is 0. The van der Waals surface area contributed by atoms with Crippen LogP contribution >= 0.6 is 0 Å².